The Labute approximate surface area is 115 Å². The number of ether oxygens (including phenoxy) is 1. The van der Waals surface area contributed by atoms with Crippen molar-refractivity contribution in [3.63, 3.8) is 0 Å². The van der Waals surface area contributed by atoms with Crippen LogP contribution in [0.2, 0.25) is 0 Å². The molecule has 2 heterocycles. The van der Waals surface area contributed by atoms with Crippen molar-refractivity contribution in [2.45, 2.75) is 43.7 Å². The summed E-state index contributed by atoms with van der Waals surface area (Å²) in [4.78, 5) is 1.33. The normalized spacial score (nSPS) is 28.4. The van der Waals surface area contributed by atoms with E-state index in [-0.39, 0.29) is 6.10 Å². The molecule has 0 radical (unpaired) electrons. The first kappa shape index (κ1) is 12.2. The Kier molecular flexibility index (Phi) is 3.57. The van der Waals surface area contributed by atoms with Crippen LogP contribution in [0.4, 0.5) is 0 Å². The molecule has 1 unspecified atom stereocenters. The second kappa shape index (κ2) is 5.00. The third kappa shape index (κ3) is 2.60. The van der Waals surface area contributed by atoms with Crippen LogP contribution in [-0.2, 0) is 4.74 Å². The Morgan fingerprint density at radius 1 is 1.29 bits per heavy atom. The minimum absolute atomic E-state index is 0.249. The second-order valence-corrected chi connectivity index (χ2v) is 7.66. The van der Waals surface area contributed by atoms with Gasteiger partial charge in [0.1, 0.15) is 6.10 Å². The number of halogens is 1. The lowest BCUT2D eigenvalue weighted by molar-refractivity contribution is -0.0451. The number of rotatable bonds is 1. The van der Waals surface area contributed by atoms with Gasteiger partial charge in [-0.05, 0) is 40.9 Å². The Hall–Kier alpha value is 0.1000. The summed E-state index contributed by atoms with van der Waals surface area (Å²) in [5.74, 6) is 0. The van der Waals surface area contributed by atoms with Crippen molar-refractivity contribution in [3.05, 3.63) is 20.8 Å². The maximum Gasteiger partial charge on any atom is 0.104 e. The molecule has 1 aromatic heterocycles. The molecule has 0 aromatic carbocycles. The fourth-order valence-corrected chi connectivity index (χ4v) is 4.39. The van der Waals surface area contributed by atoms with Gasteiger partial charge in [-0.1, -0.05) is 19.3 Å². The zero-order valence-corrected chi connectivity index (χ0v) is 12.3. The van der Waals surface area contributed by atoms with Crippen LogP contribution in [0.15, 0.2) is 15.9 Å². The van der Waals surface area contributed by atoms with Gasteiger partial charge in [0.25, 0.3) is 0 Å². The molecule has 2 nitrogen and oxygen atoms in total. The molecule has 1 atom stereocenters. The highest BCUT2D eigenvalue weighted by Crippen LogP contribution is 2.36. The van der Waals surface area contributed by atoms with E-state index in [9.17, 15) is 0 Å². The lowest BCUT2D eigenvalue weighted by atomic mass is 9.81. The van der Waals surface area contributed by atoms with Crippen molar-refractivity contribution in [1.82, 2.24) is 5.32 Å². The maximum absolute atomic E-state index is 6.10. The largest absolute Gasteiger partial charge is 0.369 e. The third-order valence-corrected chi connectivity index (χ3v) is 5.66. The molecule has 1 aliphatic carbocycles. The zero-order valence-electron chi connectivity index (χ0n) is 9.88. The minimum atomic E-state index is 0.249. The van der Waals surface area contributed by atoms with Crippen molar-refractivity contribution < 1.29 is 4.74 Å². The standard InChI is InChI=1S/C13H18BrNOS/c14-12-5-4-11(17-12)10-8-15-13(9-16-10)6-2-1-3-7-13/h4-5,10,15H,1-3,6-9H2. The van der Waals surface area contributed by atoms with Crippen LogP contribution in [0.25, 0.3) is 0 Å². The van der Waals surface area contributed by atoms with Gasteiger partial charge in [-0.2, -0.15) is 0 Å². The third-order valence-electron chi connectivity index (χ3n) is 3.95. The average molecular weight is 316 g/mol. The van der Waals surface area contributed by atoms with E-state index in [0.29, 0.717) is 5.54 Å². The van der Waals surface area contributed by atoms with Gasteiger partial charge in [-0.25, -0.2) is 0 Å². The second-order valence-electron chi connectivity index (χ2n) is 5.16. The highest BCUT2D eigenvalue weighted by Gasteiger charge is 2.37. The van der Waals surface area contributed by atoms with Crippen molar-refractivity contribution in [2.75, 3.05) is 13.2 Å². The van der Waals surface area contributed by atoms with E-state index in [0.717, 1.165) is 13.2 Å². The highest BCUT2D eigenvalue weighted by atomic mass is 79.9. The predicted octanol–water partition coefficient (Wildman–Crippen LogP) is 3.87. The molecule has 94 valence electrons. The number of hydrogen-bond acceptors (Lipinski definition) is 3. The van der Waals surface area contributed by atoms with Gasteiger partial charge in [0.15, 0.2) is 0 Å². The monoisotopic (exact) mass is 315 g/mol. The summed E-state index contributed by atoms with van der Waals surface area (Å²) < 4.78 is 7.29. The fraction of sp³-hybridized carbons (Fsp3) is 0.692. The Morgan fingerprint density at radius 2 is 2.12 bits per heavy atom. The molecule has 1 spiro atoms. The van der Waals surface area contributed by atoms with Crippen LogP contribution in [-0.4, -0.2) is 18.7 Å². The summed E-state index contributed by atoms with van der Waals surface area (Å²) >= 11 is 5.29. The maximum atomic E-state index is 6.10. The lowest BCUT2D eigenvalue weighted by Crippen LogP contribution is -2.55. The molecule has 1 N–H and O–H groups in total. The summed E-state index contributed by atoms with van der Waals surface area (Å²) in [6.07, 6.45) is 6.92. The molecule has 0 bridgehead atoms. The van der Waals surface area contributed by atoms with Gasteiger partial charge in [0.2, 0.25) is 0 Å². The molecule has 1 saturated heterocycles. The summed E-state index contributed by atoms with van der Waals surface area (Å²) in [7, 11) is 0. The molecule has 1 aromatic rings. The SMILES string of the molecule is Brc1ccc(C2CNC3(CCCCC3)CO2)s1. The summed E-state index contributed by atoms with van der Waals surface area (Å²) in [6.45, 7) is 1.85. The Bertz CT molecular complexity index is 377. The average Bonchev–Trinajstić information content (AvgIpc) is 2.78. The van der Waals surface area contributed by atoms with Crippen LogP contribution in [0.3, 0.4) is 0 Å². The number of hydrogen-bond donors (Lipinski definition) is 1. The van der Waals surface area contributed by atoms with E-state index in [1.54, 1.807) is 11.3 Å². The molecule has 17 heavy (non-hydrogen) atoms. The molecule has 3 rings (SSSR count). The first-order valence-corrected chi connectivity index (χ1v) is 8.00. The van der Waals surface area contributed by atoms with Gasteiger partial charge in [-0.15, -0.1) is 11.3 Å². The Morgan fingerprint density at radius 3 is 2.71 bits per heavy atom. The molecule has 1 aliphatic heterocycles. The van der Waals surface area contributed by atoms with Crippen molar-refractivity contribution >= 4 is 27.3 Å². The van der Waals surface area contributed by atoms with Gasteiger partial charge in [0.05, 0.1) is 10.4 Å². The van der Waals surface area contributed by atoms with Crippen LogP contribution in [0, 0.1) is 0 Å². The molecular weight excluding hydrogens is 298 g/mol. The molecule has 2 aliphatic rings. The van der Waals surface area contributed by atoms with Crippen molar-refractivity contribution in [3.8, 4) is 0 Å². The number of nitrogens with one attached hydrogen (secondary N) is 1. The van der Waals surface area contributed by atoms with Gasteiger partial charge in [-0.3, -0.25) is 0 Å². The van der Waals surface area contributed by atoms with Crippen LogP contribution in [0.1, 0.15) is 43.1 Å². The van der Waals surface area contributed by atoms with E-state index in [1.165, 1.54) is 40.8 Å². The first-order valence-electron chi connectivity index (χ1n) is 6.39. The van der Waals surface area contributed by atoms with Crippen LogP contribution < -0.4 is 5.32 Å². The number of thiophene rings is 1. The smallest absolute Gasteiger partial charge is 0.104 e. The van der Waals surface area contributed by atoms with Crippen molar-refractivity contribution in [2.24, 2.45) is 0 Å². The van der Waals surface area contributed by atoms with Gasteiger partial charge >= 0.3 is 0 Å². The van der Waals surface area contributed by atoms with E-state index in [4.69, 9.17) is 4.74 Å². The van der Waals surface area contributed by atoms with Crippen LogP contribution >= 0.6 is 27.3 Å². The fourth-order valence-electron chi connectivity index (χ4n) is 2.91. The van der Waals surface area contributed by atoms with Gasteiger partial charge < -0.3 is 10.1 Å². The molecule has 1 saturated carbocycles. The van der Waals surface area contributed by atoms with Gasteiger partial charge in [0, 0.05) is 17.0 Å². The highest BCUT2D eigenvalue weighted by molar-refractivity contribution is 9.11. The molecular formula is C13H18BrNOS. The first-order chi connectivity index (χ1) is 8.27. The summed E-state index contributed by atoms with van der Waals surface area (Å²) in [5.41, 5.74) is 0.295. The summed E-state index contributed by atoms with van der Waals surface area (Å²) in [6, 6.07) is 4.27. The van der Waals surface area contributed by atoms with Crippen LogP contribution in [0.5, 0.6) is 0 Å². The zero-order chi connectivity index (χ0) is 11.7. The summed E-state index contributed by atoms with van der Waals surface area (Å²) in [5, 5.41) is 3.76. The topological polar surface area (TPSA) is 21.3 Å². The molecule has 0 amide bonds. The van der Waals surface area contributed by atoms with E-state index < -0.39 is 0 Å². The number of morpholine rings is 1. The Balaban J connectivity index is 1.63. The molecule has 2 fully saturated rings. The van der Waals surface area contributed by atoms with E-state index in [1.807, 2.05) is 0 Å². The molecule has 4 heteroatoms. The minimum Gasteiger partial charge on any atom is -0.369 e. The van der Waals surface area contributed by atoms with E-state index in [2.05, 4.69) is 33.4 Å². The van der Waals surface area contributed by atoms with Crippen molar-refractivity contribution in [1.29, 1.82) is 0 Å². The lowest BCUT2D eigenvalue weighted by Gasteiger charge is -2.43. The predicted molar refractivity (Wildman–Crippen MR) is 74.5 cm³/mol. The quantitative estimate of drug-likeness (QED) is 0.849. The van der Waals surface area contributed by atoms with E-state index >= 15 is 0 Å².